The van der Waals surface area contributed by atoms with Crippen LogP contribution in [0.3, 0.4) is 0 Å². The second kappa shape index (κ2) is 6.16. The number of hydrogen-bond acceptors (Lipinski definition) is 3. The van der Waals surface area contributed by atoms with E-state index in [4.69, 9.17) is 4.74 Å². The van der Waals surface area contributed by atoms with Crippen LogP contribution in [0.15, 0.2) is 24.3 Å². The zero-order valence-electron chi connectivity index (χ0n) is 12.3. The summed E-state index contributed by atoms with van der Waals surface area (Å²) in [6.45, 7) is 0.530. The minimum Gasteiger partial charge on any atom is -0.495 e. The van der Waals surface area contributed by atoms with Gasteiger partial charge in [-0.3, -0.25) is 4.79 Å². The average molecular weight is 277 g/mol. The lowest BCUT2D eigenvalue weighted by molar-refractivity contribution is -0.150. The third kappa shape index (κ3) is 2.89. The maximum Gasteiger partial charge on any atom is 0.311 e. The van der Waals surface area contributed by atoms with Gasteiger partial charge in [0.15, 0.2) is 0 Å². The Morgan fingerprint density at radius 3 is 2.55 bits per heavy atom. The summed E-state index contributed by atoms with van der Waals surface area (Å²) in [6.07, 6.45) is 4.69. The van der Waals surface area contributed by atoms with E-state index in [1.165, 1.54) is 0 Å². The molecule has 4 heteroatoms. The van der Waals surface area contributed by atoms with E-state index in [2.05, 4.69) is 0 Å². The first-order chi connectivity index (χ1) is 9.59. The van der Waals surface area contributed by atoms with Gasteiger partial charge in [-0.05, 0) is 25.0 Å². The Labute approximate surface area is 120 Å². The van der Waals surface area contributed by atoms with Crippen molar-refractivity contribution in [3.8, 4) is 5.75 Å². The Hall–Kier alpha value is -1.71. The normalized spacial score (nSPS) is 17.5. The molecular weight excluding hydrogens is 254 g/mol. The second-order valence-electron chi connectivity index (χ2n) is 5.67. The fraction of sp³-hybridized carbons (Fsp3) is 0.562. The number of methoxy groups -OCH3 is 1. The molecule has 1 aliphatic rings. The number of para-hydroxylation sites is 2. The van der Waals surface area contributed by atoms with Crippen LogP contribution in [0, 0.1) is 5.41 Å². The topological polar surface area (TPSA) is 49.8 Å². The number of carboxylic acid groups (broad SMARTS) is 1. The van der Waals surface area contributed by atoms with Gasteiger partial charge in [-0.15, -0.1) is 0 Å². The SMILES string of the molecule is COc1ccccc1N(C)CC1(C(=O)O)CCCCC1. The van der Waals surface area contributed by atoms with E-state index in [0.717, 1.165) is 43.5 Å². The van der Waals surface area contributed by atoms with Gasteiger partial charge in [0.2, 0.25) is 0 Å². The molecule has 0 unspecified atom stereocenters. The number of hydrogen-bond donors (Lipinski definition) is 1. The molecule has 1 fully saturated rings. The summed E-state index contributed by atoms with van der Waals surface area (Å²) < 4.78 is 5.36. The third-order valence-electron chi connectivity index (χ3n) is 4.30. The summed E-state index contributed by atoms with van der Waals surface area (Å²) in [7, 11) is 3.58. The van der Waals surface area contributed by atoms with Crippen molar-refractivity contribution in [3.05, 3.63) is 24.3 Å². The van der Waals surface area contributed by atoms with E-state index in [1.54, 1.807) is 7.11 Å². The number of ether oxygens (including phenoxy) is 1. The Kier molecular flexibility index (Phi) is 4.53. The Morgan fingerprint density at radius 1 is 1.30 bits per heavy atom. The molecule has 0 saturated heterocycles. The van der Waals surface area contributed by atoms with Crippen molar-refractivity contribution in [2.45, 2.75) is 32.1 Å². The van der Waals surface area contributed by atoms with E-state index in [1.807, 2.05) is 36.2 Å². The van der Waals surface area contributed by atoms with Gasteiger partial charge in [0.05, 0.1) is 18.2 Å². The lowest BCUT2D eigenvalue weighted by Crippen LogP contribution is -2.43. The van der Waals surface area contributed by atoms with Crippen molar-refractivity contribution in [2.24, 2.45) is 5.41 Å². The first kappa shape index (κ1) is 14.7. The molecule has 0 radical (unpaired) electrons. The molecule has 110 valence electrons. The highest BCUT2D eigenvalue weighted by molar-refractivity contribution is 5.76. The quantitative estimate of drug-likeness (QED) is 0.898. The van der Waals surface area contributed by atoms with Crippen LogP contribution in [0.5, 0.6) is 5.75 Å². The average Bonchev–Trinajstić information content (AvgIpc) is 2.48. The molecule has 0 heterocycles. The fourth-order valence-corrected chi connectivity index (χ4v) is 3.15. The number of aliphatic carboxylic acids is 1. The van der Waals surface area contributed by atoms with Gasteiger partial charge in [-0.2, -0.15) is 0 Å². The molecule has 0 aromatic heterocycles. The summed E-state index contributed by atoms with van der Waals surface area (Å²) in [5.74, 6) is 0.116. The molecule has 0 atom stereocenters. The van der Waals surface area contributed by atoms with Gasteiger partial charge < -0.3 is 14.7 Å². The summed E-state index contributed by atoms with van der Waals surface area (Å²) >= 11 is 0. The first-order valence-corrected chi connectivity index (χ1v) is 7.17. The van der Waals surface area contributed by atoms with Gasteiger partial charge >= 0.3 is 5.97 Å². The van der Waals surface area contributed by atoms with Crippen molar-refractivity contribution in [1.82, 2.24) is 0 Å². The van der Waals surface area contributed by atoms with Crippen molar-refractivity contribution >= 4 is 11.7 Å². The zero-order valence-corrected chi connectivity index (χ0v) is 12.3. The van der Waals surface area contributed by atoms with Crippen LogP contribution >= 0.6 is 0 Å². The molecule has 1 saturated carbocycles. The molecule has 0 spiro atoms. The molecule has 1 N–H and O–H groups in total. The van der Waals surface area contributed by atoms with E-state index in [-0.39, 0.29) is 0 Å². The monoisotopic (exact) mass is 277 g/mol. The zero-order chi connectivity index (χ0) is 14.6. The fourth-order valence-electron chi connectivity index (χ4n) is 3.15. The summed E-state index contributed by atoms with van der Waals surface area (Å²) in [5, 5.41) is 9.65. The minimum absolute atomic E-state index is 0.530. The summed E-state index contributed by atoms with van der Waals surface area (Å²) in [5.41, 5.74) is 0.328. The molecule has 4 nitrogen and oxygen atoms in total. The lowest BCUT2D eigenvalue weighted by atomic mass is 9.73. The van der Waals surface area contributed by atoms with Crippen LogP contribution in [0.1, 0.15) is 32.1 Å². The van der Waals surface area contributed by atoms with Gasteiger partial charge in [-0.1, -0.05) is 31.4 Å². The van der Waals surface area contributed by atoms with Crippen LogP contribution in [-0.2, 0) is 4.79 Å². The highest BCUT2D eigenvalue weighted by Crippen LogP contribution is 2.39. The molecule has 20 heavy (non-hydrogen) atoms. The van der Waals surface area contributed by atoms with Crippen LogP contribution in [-0.4, -0.2) is 31.8 Å². The van der Waals surface area contributed by atoms with E-state index < -0.39 is 11.4 Å². The molecule has 1 aromatic rings. The van der Waals surface area contributed by atoms with E-state index in [9.17, 15) is 9.90 Å². The van der Waals surface area contributed by atoms with E-state index >= 15 is 0 Å². The summed E-state index contributed by atoms with van der Waals surface area (Å²) in [4.78, 5) is 13.8. The van der Waals surface area contributed by atoms with Crippen LogP contribution < -0.4 is 9.64 Å². The lowest BCUT2D eigenvalue weighted by Gasteiger charge is -2.37. The molecule has 0 aliphatic heterocycles. The molecular formula is C16H23NO3. The molecule has 0 amide bonds. The number of benzene rings is 1. The second-order valence-corrected chi connectivity index (χ2v) is 5.67. The summed E-state index contributed by atoms with van der Waals surface area (Å²) in [6, 6.07) is 7.74. The highest BCUT2D eigenvalue weighted by Gasteiger charge is 2.40. The Morgan fingerprint density at radius 2 is 1.95 bits per heavy atom. The standard InChI is InChI=1S/C16H23NO3/c1-17(13-8-4-5-9-14(13)20-2)12-16(15(18)19)10-6-3-7-11-16/h4-5,8-9H,3,6-7,10-12H2,1-2H3,(H,18,19). The smallest absolute Gasteiger partial charge is 0.311 e. The van der Waals surface area contributed by atoms with Crippen molar-refractivity contribution < 1.29 is 14.6 Å². The number of carboxylic acids is 1. The first-order valence-electron chi connectivity index (χ1n) is 7.17. The Balaban J connectivity index is 2.20. The van der Waals surface area contributed by atoms with E-state index in [0.29, 0.717) is 6.54 Å². The predicted molar refractivity (Wildman–Crippen MR) is 79.4 cm³/mol. The molecule has 0 bridgehead atoms. The minimum atomic E-state index is -0.668. The molecule has 1 aliphatic carbocycles. The number of anilines is 1. The largest absolute Gasteiger partial charge is 0.495 e. The van der Waals surface area contributed by atoms with Crippen molar-refractivity contribution in [2.75, 3.05) is 25.6 Å². The van der Waals surface area contributed by atoms with Crippen LogP contribution in [0.4, 0.5) is 5.69 Å². The van der Waals surface area contributed by atoms with Crippen molar-refractivity contribution in [3.63, 3.8) is 0 Å². The van der Waals surface area contributed by atoms with Gasteiger partial charge in [0.25, 0.3) is 0 Å². The highest BCUT2D eigenvalue weighted by atomic mass is 16.5. The van der Waals surface area contributed by atoms with Crippen molar-refractivity contribution in [1.29, 1.82) is 0 Å². The number of rotatable bonds is 5. The predicted octanol–water partition coefficient (Wildman–Crippen LogP) is 3.17. The maximum atomic E-state index is 11.7. The van der Waals surface area contributed by atoms with Gasteiger partial charge in [0, 0.05) is 13.6 Å². The van der Waals surface area contributed by atoms with Crippen LogP contribution in [0.2, 0.25) is 0 Å². The Bertz CT molecular complexity index is 467. The van der Waals surface area contributed by atoms with Gasteiger partial charge in [-0.25, -0.2) is 0 Å². The third-order valence-corrected chi connectivity index (χ3v) is 4.30. The molecule has 1 aromatic carbocycles. The van der Waals surface area contributed by atoms with Crippen LogP contribution in [0.25, 0.3) is 0 Å². The van der Waals surface area contributed by atoms with Gasteiger partial charge in [0.1, 0.15) is 5.75 Å². The number of carbonyl (C=O) groups is 1. The number of nitrogens with zero attached hydrogens (tertiary/aromatic N) is 1. The maximum absolute atomic E-state index is 11.7. The molecule has 2 rings (SSSR count).